The van der Waals surface area contributed by atoms with Crippen LogP contribution in [0, 0.1) is 6.92 Å². The van der Waals surface area contributed by atoms with Crippen molar-refractivity contribution in [1.82, 2.24) is 15.1 Å². The lowest BCUT2D eigenvalue weighted by Gasteiger charge is -2.25. The maximum absolute atomic E-state index is 5.85. The molecular formula is C17H31N3O. The number of hydrogen-bond acceptors (Lipinski definition) is 4. The van der Waals surface area contributed by atoms with Gasteiger partial charge in [-0.15, -0.1) is 0 Å². The van der Waals surface area contributed by atoms with E-state index in [2.05, 4.69) is 49.1 Å². The number of hydrogen-bond donors (Lipinski definition) is 1. The van der Waals surface area contributed by atoms with Crippen LogP contribution < -0.4 is 5.32 Å². The topological polar surface area (TPSA) is 31.6 Å². The monoisotopic (exact) mass is 293 g/mol. The van der Waals surface area contributed by atoms with Crippen LogP contribution in [0.2, 0.25) is 0 Å². The van der Waals surface area contributed by atoms with Gasteiger partial charge >= 0.3 is 0 Å². The molecule has 1 saturated heterocycles. The fourth-order valence-electron chi connectivity index (χ4n) is 3.15. The number of likely N-dealkylation sites (N-methyl/N-ethyl adjacent to an activating group) is 2. The van der Waals surface area contributed by atoms with E-state index in [0.717, 1.165) is 44.1 Å². The summed E-state index contributed by atoms with van der Waals surface area (Å²) in [5.74, 6) is 2.12. The van der Waals surface area contributed by atoms with Crippen LogP contribution in [0.1, 0.15) is 43.3 Å². The number of furan rings is 1. The number of likely N-dealkylation sites (tertiary alicyclic amines) is 1. The van der Waals surface area contributed by atoms with Crippen molar-refractivity contribution in [3.8, 4) is 0 Å². The van der Waals surface area contributed by atoms with Crippen LogP contribution in [0.5, 0.6) is 0 Å². The van der Waals surface area contributed by atoms with Crippen LogP contribution in [-0.4, -0.2) is 49.6 Å². The molecule has 1 N–H and O–H groups in total. The van der Waals surface area contributed by atoms with Gasteiger partial charge in [0, 0.05) is 24.7 Å². The van der Waals surface area contributed by atoms with Crippen molar-refractivity contribution in [2.45, 2.75) is 52.2 Å². The molecule has 0 bridgehead atoms. The molecule has 2 rings (SSSR count). The van der Waals surface area contributed by atoms with Crippen molar-refractivity contribution >= 4 is 0 Å². The largest absolute Gasteiger partial charge is 0.465 e. The minimum Gasteiger partial charge on any atom is -0.465 e. The van der Waals surface area contributed by atoms with Crippen LogP contribution in [0.15, 0.2) is 10.5 Å². The smallest absolute Gasteiger partial charge is 0.118 e. The standard InChI is InChI=1S/C17H31N3O/c1-5-8-18-11-17-10-15(14(2)21-17)12-19(3)13-16-7-6-9-20(16)4/h10,16,18H,5-9,11-13H2,1-4H3. The van der Waals surface area contributed by atoms with Gasteiger partial charge in [0.1, 0.15) is 11.5 Å². The van der Waals surface area contributed by atoms with E-state index in [0.29, 0.717) is 6.04 Å². The highest BCUT2D eigenvalue weighted by Crippen LogP contribution is 2.19. The molecule has 120 valence electrons. The minimum atomic E-state index is 0.716. The third kappa shape index (κ3) is 4.83. The summed E-state index contributed by atoms with van der Waals surface area (Å²) < 4.78 is 5.85. The predicted octanol–water partition coefficient (Wildman–Crippen LogP) is 2.61. The normalized spacial score (nSPS) is 19.8. The van der Waals surface area contributed by atoms with Gasteiger partial charge in [-0.2, -0.15) is 0 Å². The van der Waals surface area contributed by atoms with Gasteiger partial charge < -0.3 is 19.5 Å². The predicted molar refractivity (Wildman–Crippen MR) is 87.4 cm³/mol. The fraction of sp³-hybridized carbons (Fsp3) is 0.765. The van der Waals surface area contributed by atoms with Crippen LogP contribution in [0.3, 0.4) is 0 Å². The molecule has 1 aliphatic heterocycles. The molecule has 1 unspecified atom stereocenters. The van der Waals surface area contributed by atoms with Crippen molar-refractivity contribution in [2.24, 2.45) is 0 Å². The average molecular weight is 293 g/mol. The molecule has 1 atom stereocenters. The molecule has 0 radical (unpaired) electrons. The highest BCUT2D eigenvalue weighted by Gasteiger charge is 2.22. The van der Waals surface area contributed by atoms with Crippen molar-refractivity contribution in [1.29, 1.82) is 0 Å². The maximum Gasteiger partial charge on any atom is 0.118 e. The molecule has 0 spiro atoms. The lowest BCUT2D eigenvalue weighted by atomic mass is 10.2. The zero-order valence-corrected chi connectivity index (χ0v) is 14.1. The maximum atomic E-state index is 5.85. The number of rotatable bonds is 8. The summed E-state index contributed by atoms with van der Waals surface area (Å²) in [6.45, 7) is 9.51. The van der Waals surface area contributed by atoms with Gasteiger partial charge in [-0.25, -0.2) is 0 Å². The molecule has 0 aliphatic carbocycles. The molecule has 0 aromatic carbocycles. The molecule has 0 saturated carbocycles. The van der Waals surface area contributed by atoms with Crippen molar-refractivity contribution in [2.75, 3.05) is 33.7 Å². The Morgan fingerprint density at radius 1 is 1.48 bits per heavy atom. The van der Waals surface area contributed by atoms with Gasteiger partial charge in [0.25, 0.3) is 0 Å². The summed E-state index contributed by atoms with van der Waals surface area (Å²) in [7, 11) is 4.46. The second-order valence-corrected chi connectivity index (χ2v) is 6.44. The van der Waals surface area contributed by atoms with Gasteiger partial charge in [-0.3, -0.25) is 0 Å². The first kappa shape index (κ1) is 16.5. The number of aryl methyl sites for hydroxylation is 1. The van der Waals surface area contributed by atoms with E-state index in [1.54, 1.807) is 0 Å². The van der Waals surface area contributed by atoms with E-state index in [9.17, 15) is 0 Å². The van der Waals surface area contributed by atoms with E-state index in [-0.39, 0.29) is 0 Å². The van der Waals surface area contributed by atoms with Crippen molar-refractivity contribution < 1.29 is 4.42 Å². The third-order valence-corrected chi connectivity index (χ3v) is 4.43. The van der Waals surface area contributed by atoms with Gasteiger partial charge in [0.15, 0.2) is 0 Å². The SMILES string of the molecule is CCCNCc1cc(CN(C)CC2CCCN2C)c(C)o1. The molecule has 1 aromatic rings. The zero-order chi connectivity index (χ0) is 15.2. The van der Waals surface area contributed by atoms with E-state index in [1.165, 1.54) is 24.9 Å². The second-order valence-electron chi connectivity index (χ2n) is 6.44. The Balaban J connectivity index is 1.83. The molecule has 4 heteroatoms. The molecule has 2 heterocycles. The molecular weight excluding hydrogens is 262 g/mol. The van der Waals surface area contributed by atoms with Gasteiger partial charge in [-0.05, 0) is 59.4 Å². The first-order valence-electron chi connectivity index (χ1n) is 8.27. The summed E-state index contributed by atoms with van der Waals surface area (Å²) in [6, 6.07) is 2.93. The van der Waals surface area contributed by atoms with Crippen molar-refractivity contribution in [3.63, 3.8) is 0 Å². The molecule has 1 aliphatic rings. The minimum absolute atomic E-state index is 0.716. The first-order valence-corrected chi connectivity index (χ1v) is 8.27. The van der Waals surface area contributed by atoms with Crippen LogP contribution in [0.25, 0.3) is 0 Å². The quantitative estimate of drug-likeness (QED) is 0.747. The van der Waals surface area contributed by atoms with Gasteiger partial charge in [0.2, 0.25) is 0 Å². The molecule has 0 amide bonds. The van der Waals surface area contributed by atoms with Gasteiger partial charge in [0.05, 0.1) is 6.54 Å². The van der Waals surface area contributed by atoms with Crippen molar-refractivity contribution in [3.05, 3.63) is 23.2 Å². The van der Waals surface area contributed by atoms with E-state index in [4.69, 9.17) is 4.42 Å². The average Bonchev–Trinajstić information content (AvgIpc) is 2.98. The van der Waals surface area contributed by atoms with E-state index >= 15 is 0 Å². The van der Waals surface area contributed by atoms with E-state index < -0.39 is 0 Å². The fourth-order valence-corrected chi connectivity index (χ4v) is 3.15. The Morgan fingerprint density at radius 2 is 2.29 bits per heavy atom. The van der Waals surface area contributed by atoms with Crippen LogP contribution >= 0.6 is 0 Å². The summed E-state index contributed by atoms with van der Waals surface area (Å²) in [5, 5.41) is 3.40. The van der Waals surface area contributed by atoms with E-state index in [1.807, 2.05) is 0 Å². The lowest BCUT2D eigenvalue weighted by Crippen LogP contribution is -2.36. The summed E-state index contributed by atoms with van der Waals surface area (Å²) in [4.78, 5) is 4.91. The first-order chi connectivity index (χ1) is 10.1. The highest BCUT2D eigenvalue weighted by molar-refractivity contribution is 5.20. The molecule has 4 nitrogen and oxygen atoms in total. The summed E-state index contributed by atoms with van der Waals surface area (Å²) in [5.41, 5.74) is 1.33. The lowest BCUT2D eigenvalue weighted by molar-refractivity contribution is 0.215. The molecule has 1 fully saturated rings. The second kappa shape index (κ2) is 7.97. The highest BCUT2D eigenvalue weighted by atomic mass is 16.3. The Labute approximate surface area is 129 Å². The third-order valence-electron chi connectivity index (χ3n) is 4.43. The van der Waals surface area contributed by atoms with Crippen LogP contribution in [0.4, 0.5) is 0 Å². The number of nitrogens with zero attached hydrogens (tertiary/aromatic N) is 2. The summed E-state index contributed by atoms with van der Waals surface area (Å²) >= 11 is 0. The Hall–Kier alpha value is -0.840. The Kier molecular flexibility index (Phi) is 6.27. The summed E-state index contributed by atoms with van der Waals surface area (Å²) in [6.07, 6.45) is 3.83. The Morgan fingerprint density at radius 3 is 2.95 bits per heavy atom. The van der Waals surface area contributed by atoms with Crippen LogP contribution in [-0.2, 0) is 13.1 Å². The number of nitrogens with one attached hydrogen (secondary N) is 1. The van der Waals surface area contributed by atoms with Gasteiger partial charge in [-0.1, -0.05) is 6.92 Å². The molecule has 1 aromatic heterocycles. The zero-order valence-electron chi connectivity index (χ0n) is 14.1. The Bertz CT molecular complexity index is 430. The molecule has 21 heavy (non-hydrogen) atoms.